The number of carbonyl (C=O) groups excluding carboxylic acids is 1. The van der Waals surface area contributed by atoms with Gasteiger partial charge in [0.1, 0.15) is 5.69 Å². The molecule has 1 aromatic carbocycles. The molecule has 3 aromatic heterocycles. The number of nitrogens with zero attached hydrogens (tertiary/aromatic N) is 4. The smallest absolute Gasteiger partial charge is 0.336 e. The molecule has 4 aromatic rings. The number of halogens is 3. The van der Waals surface area contributed by atoms with E-state index in [0.717, 1.165) is 17.7 Å². The zero-order valence-corrected chi connectivity index (χ0v) is 16.0. The Labute approximate surface area is 168 Å². The minimum absolute atomic E-state index is 0.184. The van der Waals surface area contributed by atoms with Crippen LogP contribution in [-0.2, 0) is 12.7 Å². The molecule has 4 rings (SSSR count). The van der Waals surface area contributed by atoms with Crippen LogP contribution in [0.3, 0.4) is 0 Å². The molecule has 0 bridgehead atoms. The Hall–Kier alpha value is -3.20. The summed E-state index contributed by atoms with van der Waals surface area (Å²) in [7, 11) is 1.70. The second-order valence-corrected chi connectivity index (χ2v) is 7.33. The highest BCUT2D eigenvalue weighted by Crippen LogP contribution is 2.31. The maximum absolute atomic E-state index is 12.9. The number of aromatic nitrogens is 3. The number of alkyl halides is 3. The molecular weight excluding hydrogens is 401 g/mol. The van der Waals surface area contributed by atoms with Crippen LogP contribution in [-0.4, -0.2) is 32.2 Å². The van der Waals surface area contributed by atoms with Crippen molar-refractivity contribution in [2.45, 2.75) is 12.7 Å². The Morgan fingerprint density at radius 1 is 1.21 bits per heavy atom. The van der Waals surface area contributed by atoms with Crippen LogP contribution in [0.5, 0.6) is 0 Å². The molecule has 29 heavy (non-hydrogen) atoms. The van der Waals surface area contributed by atoms with Crippen molar-refractivity contribution in [2.75, 3.05) is 7.05 Å². The lowest BCUT2D eigenvalue weighted by Crippen LogP contribution is -2.27. The van der Waals surface area contributed by atoms with Crippen molar-refractivity contribution >= 4 is 22.2 Å². The fourth-order valence-electron chi connectivity index (χ4n) is 2.94. The number of benzene rings is 1. The normalized spacial score (nSPS) is 11.7. The molecule has 0 saturated heterocycles. The van der Waals surface area contributed by atoms with Crippen molar-refractivity contribution in [2.24, 2.45) is 0 Å². The third-order valence-electron chi connectivity index (χ3n) is 4.43. The zero-order chi connectivity index (χ0) is 20.6. The quantitative estimate of drug-likeness (QED) is 0.483. The molecule has 1 amide bonds. The fourth-order valence-corrected chi connectivity index (χ4v) is 3.79. The van der Waals surface area contributed by atoms with E-state index in [1.165, 1.54) is 23.5 Å². The molecule has 9 heteroatoms. The van der Waals surface area contributed by atoms with Gasteiger partial charge >= 0.3 is 6.18 Å². The van der Waals surface area contributed by atoms with Gasteiger partial charge in [0, 0.05) is 43.1 Å². The molecule has 0 atom stereocenters. The van der Waals surface area contributed by atoms with E-state index < -0.39 is 11.7 Å². The average Bonchev–Trinajstić information content (AvgIpc) is 3.28. The Balaban J connectivity index is 1.59. The molecule has 0 N–H and O–H groups in total. The largest absolute Gasteiger partial charge is 0.416 e. The van der Waals surface area contributed by atoms with Crippen molar-refractivity contribution < 1.29 is 18.0 Å². The molecule has 0 aliphatic carbocycles. The van der Waals surface area contributed by atoms with E-state index in [0.29, 0.717) is 28.5 Å². The van der Waals surface area contributed by atoms with Gasteiger partial charge in [-0.3, -0.25) is 14.2 Å². The number of pyridine rings is 1. The van der Waals surface area contributed by atoms with Gasteiger partial charge in [-0.15, -0.1) is 11.3 Å². The lowest BCUT2D eigenvalue weighted by Gasteiger charge is -2.16. The summed E-state index contributed by atoms with van der Waals surface area (Å²) >= 11 is 1.30. The van der Waals surface area contributed by atoms with Crippen molar-refractivity contribution in [1.82, 2.24) is 19.3 Å². The summed E-state index contributed by atoms with van der Waals surface area (Å²) in [5, 5.41) is 1.72. The van der Waals surface area contributed by atoms with Gasteiger partial charge < -0.3 is 4.90 Å². The molecule has 0 aliphatic heterocycles. The number of thiazole rings is 1. The lowest BCUT2D eigenvalue weighted by molar-refractivity contribution is -0.137. The predicted molar refractivity (Wildman–Crippen MR) is 104 cm³/mol. The fraction of sp³-hybridized carbons (Fsp3) is 0.150. The number of hydrogen-bond acceptors (Lipinski definition) is 4. The monoisotopic (exact) mass is 416 g/mol. The van der Waals surface area contributed by atoms with E-state index in [1.807, 2.05) is 12.1 Å². The van der Waals surface area contributed by atoms with Gasteiger partial charge in [0.2, 0.25) is 0 Å². The highest BCUT2D eigenvalue weighted by atomic mass is 32.1. The van der Waals surface area contributed by atoms with E-state index in [2.05, 4.69) is 9.97 Å². The predicted octanol–water partition coefficient (Wildman–Crippen LogP) is 4.75. The molecule has 3 heterocycles. The lowest BCUT2D eigenvalue weighted by atomic mass is 10.1. The first-order valence-electron chi connectivity index (χ1n) is 8.61. The highest BCUT2D eigenvalue weighted by molar-refractivity contribution is 7.15. The summed E-state index contributed by atoms with van der Waals surface area (Å²) in [6, 6.07) is 8.51. The van der Waals surface area contributed by atoms with E-state index in [9.17, 15) is 18.0 Å². The second-order valence-electron chi connectivity index (χ2n) is 6.50. The van der Waals surface area contributed by atoms with Crippen LogP contribution in [0.15, 0.2) is 60.4 Å². The van der Waals surface area contributed by atoms with E-state index >= 15 is 0 Å². The SMILES string of the molecule is CN(Cc1cccnc1)C(=O)c1csc2nc(-c3ccc(C(F)(F)F)cc3)cn12. The minimum Gasteiger partial charge on any atom is -0.336 e. The third kappa shape index (κ3) is 3.86. The van der Waals surface area contributed by atoms with Gasteiger partial charge in [0.05, 0.1) is 11.3 Å². The number of amides is 1. The number of carbonyl (C=O) groups is 1. The summed E-state index contributed by atoms with van der Waals surface area (Å²) in [4.78, 5) is 23.5. The van der Waals surface area contributed by atoms with Gasteiger partial charge in [-0.25, -0.2) is 4.98 Å². The Morgan fingerprint density at radius 2 is 1.97 bits per heavy atom. The van der Waals surface area contributed by atoms with Gasteiger partial charge in [-0.2, -0.15) is 13.2 Å². The van der Waals surface area contributed by atoms with E-state index in [-0.39, 0.29) is 5.91 Å². The summed E-state index contributed by atoms with van der Waals surface area (Å²) < 4.78 is 39.9. The maximum Gasteiger partial charge on any atom is 0.416 e. The zero-order valence-electron chi connectivity index (χ0n) is 15.2. The number of hydrogen-bond donors (Lipinski definition) is 0. The van der Waals surface area contributed by atoms with Gasteiger partial charge in [-0.1, -0.05) is 18.2 Å². The average molecular weight is 416 g/mol. The Morgan fingerprint density at radius 3 is 2.62 bits per heavy atom. The molecule has 0 radical (unpaired) electrons. The van der Waals surface area contributed by atoms with Crippen LogP contribution >= 0.6 is 11.3 Å². The molecule has 0 unspecified atom stereocenters. The summed E-state index contributed by atoms with van der Waals surface area (Å²) in [5.41, 5.74) is 1.70. The Bertz CT molecular complexity index is 1150. The molecule has 0 saturated carbocycles. The van der Waals surface area contributed by atoms with Gasteiger partial charge in [0.25, 0.3) is 5.91 Å². The summed E-state index contributed by atoms with van der Waals surface area (Å²) in [6.07, 6.45) is 0.653. The highest BCUT2D eigenvalue weighted by Gasteiger charge is 2.30. The first-order valence-corrected chi connectivity index (χ1v) is 9.49. The number of fused-ring (bicyclic) bond motifs is 1. The van der Waals surface area contributed by atoms with Crippen LogP contribution < -0.4 is 0 Å². The molecule has 0 spiro atoms. The number of rotatable bonds is 4. The molecule has 0 fully saturated rings. The molecule has 0 aliphatic rings. The summed E-state index contributed by atoms with van der Waals surface area (Å²) in [6.45, 7) is 0.407. The molecule has 5 nitrogen and oxygen atoms in total. The van der Waals surface area contributed by atoms with Crippen LogP contribution in [0.1, 0.15) is 21.6 Å². The summed E-state index contributed by atoms with van der Waals surface area (Å²) in [5.74, 6) is -0.184. The van der Waals surface area contributed by atoms with E-state index in [1.54, 1.807) is 40.3 Å². The van der Waals surface area contributed by atoms with Crippen molar-refractivity contribution in [3.63, 3.8) is 0 Å². The minimum atomic E-state index is -4.38. The third-order valence-corrected chi connectivity index (χ3v) is 5.27. The first-order chi connectivity index (χ1) is 13.8. The van der Waals surface area contributed by atoms with Crippen LogP contribution in [0, 0.1) is 0 Å². The maximum atomic E-state index is 12.9. The van der Waals surface area contributed by atoms with Crippen molar-refractivity contribution in [3.05, 3.63) is 77.2 Å². The van der Waals surface area contributed by atoms with Crippen LogP contribution in [0.2, 0.25) is 0 Å². The molecular formula is C20H15F3N4OS. The molecule has 148 valence electrons. The first kappa shape index (κ1) is 19.1. The van der Waals surface area contributed by atoms with Crippen molar-refractivity contribution in [1.29, 1.82) is 0 Å². The van der Waals surface area contributed by atoms with Crippen LogP contribution in [0.25, 0.3) is 16.2 Å². The topological polar surface area (TPSA) is 50.5 Å². The van der Waals surface area contributed by atoms with E-state index in [4.69, 9.17) is 0 Å². The second kappa shape index (κ2) is 7.32. The standard InChI is InChI=1S/C20H15F3N4OS/c1-26(10-13-3-2-8-24-9-13)18(28)17-12-29-19-25-16(11-27(17)19)14-4-6-15(7-5-14)20(21,22)23/h2-9,11-12H,10H2,1H3. The Kier molecular flexibility index (Phi) is 4.83. The number of imidazole rings is 1. The van der Waals surface area contributed by atoms with Gasteiger partial charge in [0.15, 0.2) is 4.96 Å². The van der Waals surface area contributed by atoms with Gasteiger partial charge in [-0.05, 0) is 23.8 Å². The van der Waals surface area contributed by atoms with Crippen LogP contribution in [0.4, 0.5) is 13.2 Å². The van der Waals surface area contributed by atoms with Crippen molar-refractivity contribution in [3.8, 4) is 11.3 Å².